The quantitative estimate of drug-likeness (QED) is 0.784. The summed E-state index contributed by atoms with van der Waals surface area (Å²) < 4.78 is 6.42. The molecule has 1 aromatic heterocycles. The number of thioether (sulfide) groups is 1. The first-order valence-electron chi connectivity index (χ1n) is 5.90. The van der Waals surface area contributed by atoms with Gasteiger partial charge in [0.2, 0.25) is 0 Å². The topological polar surface area (TPSA) is 107 Å². The number of ether oxygens (including phenoxy) is 1. The lowest BCUT2D eigenvalue weighted by molar-refractivity contribution is -0.133. The van der Waals surface area contributed by atoms with E-state index in [1.54, 1.807) is 22.8 Å². The molecule has 0 atom stereocenters. The van der Waals surface area contributed by atoms with Crippen LogP contribution in [-0.4, -0.2) is 39.1 Å². The summed E-state index contributed by atoms with van der Waals surface area (Å²) in [5.74, 6) is -1.07. The molecule has 2 aromatic rings. The second-order valence-electron chi connectivity index (χ2n) is 4.00. The molecule has 0 fully saturated rings. The average molecular weight is 330 g/mol. The van der Waals surface area contributed by atoms with Gasteiger partial charge in [0.1, 0.15) is 6.61 Å². The van der Waals surface area contributed by atoms with Gasteiger partial charge in [-0.3, -0.25) is 4.79 Å². The largest absolute Gasteiger partial charge is 0.481 e. The highest BCUT2D eigenvalue weighted by Crippen LogP contribution is 2.29. The minimum atomic E-state index is -0.946. The van der Waals surface area contributed by atoms with E-state index < -0.39 is 12.1 Å². The number of benzene rings is 1. The molecule has 0 aliphatic heterocycles. The number of rotatable bonds is 6. The number of carbonyl (C=O) groups excluding carboxylic acids is 1. The lowest BCUT2D eigenvalue weighted by Crippen LogP contribution is -2.17. The molecule has 7 nitrogen and oxygen atoms in total. The van der Waals surface area contributed by atoms with Gasteiger partial charge in [0.25, 0.3) is 0 Å². The van der Waals surface area contributed by atoms with Crippen LogP contribution in [0.4, 0.5) is 4.79 Å². The number of para-hydroxylation sites is 1. The molecule has 0 bridgehead atoms. The molecule has 0 radical (unpaired) electrons. The van der Waals surface area contributed by atoms with Crippen molar-refractivity contribution in [3.8, 4) is 0 Å². The molecular formula is C12H12ClN3O4S. The fourth-order valence-electron chi connectivity index (χ4n) is 1.80. The first kappa shape index (κ1) is 15.5. The average Bonchev–Trinajstić information content (AvgIpc) is 2.75. The van der Waals surface area contributed by atoms with Crippen LogP contribution < -0.4 is 5.73 Å². The van der Waals surface area contributed by atoms with Gasteiger partial charge in [-0.2, -0.15) is 0 Å². The number of amides is 1. The number of hydrogen-bond donors (Lipinski definition) is 2. The number of primary amides is 1. The van der Waals surface area contributed by atoms with Crippen molar-refractivity contribution in [1.82, 2.24) is 9.55 Å². The second kappa shape index (κ2) is 6.68. The van der Waals surface area contributed by atoms with Crippen LogP contribution >= 0.6 is 23.4 Å². The van der Waals surface area contributed by atoms with E-state index in [0.29, 0.717) is 21.2 Å². The van der Waals surface area contributed by atoms with Crippen LogP contribution in [0.3, 0.4) is 0 Å². The van der Waals surface area contributed by atoms with Crippen LogP contribution in [-0.2, 0) is 16.1 Å². The predicted octanol–water partition coefficient (Wildman–Crippen LogP) is 1.96. The van der Waals surface area contributed by atoms with Crippen LogP contribution in [0.1, 0.15) is 0 Å². The van der Waals surface area contributed by atoms with E-state index >= 15 is 0 Å². The number of imidazole rings is 1. The highest BCUT2D eigenvalue weighted by molar-refractivity contribution is 7.99. The van der Waals surface area contributed by atoms with Crippen LogP contribution in [0.15, 0.2) is 23.4 Å². The van der Waals surface area contributed by atoms with Gasteiger partial charge in [-0.25, -0.2) is 9.78 Å². The van der Waals surface area contributed by atoms with Crippen LogP contribution in [0.2, 0.25) is 5.02 Å². The molecule has 21 heavy (non-hydrogen) atoms. The molecule has 2 rings (SSSR count). The molecule has 0 unspecified atom stereocenters. The highest BCUT2D eigenvalue weighted by atomic mass is 35.5. The maximum atomic E-state index is 10.7. The maximum Gasteiger partial charge on any atom is 0.404 e. The number of carboxylic acids is 1. The summed E-state index contributed by atoms with van der Waals surface area (Å²) in [6.45, 7) is 0.331. The monoisotopic (exact) mass is 329 g/mol. The number of aromatic nitrogens is 2. The van der Waals surface area contributed by atoms with E-state index in [-0.39, 0.29) is 18.9 Å². The Morgan fingerprint density at radius 3 is 2.90 bits per heavy atom. The summed E-state index contributed by atoms with van der Waals surface area (Å²) in [6, 6.07) is 5.24. The minimum absolute atomic E-state index is 0.0483. The minimum Gasteiger partial charge on any atom is -0.481 e. The number of carbonyl (C=O) groups is 2. The van der Waals surface area contributed by atoms with Crippen molar-refractivity contribution in [2.45, 2.75) is 11.7 Å². The van der Waals surface area contributed by atoms with Crippen molar-refractivity contribution in [3.05, 3.63) is 23.2 Å². The third-order valence-electron chi connectivity index (χ3n) is 2.57. The third kappa shape index (κ3) is 3.79. The molecule has 9 heteroatoms. The second-order valence-corrected chi connectivity index (χ2v) is 5.35. The molecule has 3 N–H and O–H groups in total. The van der Waals surface area contributed by atoms with E-state index in [9.17, 15) is 9.59 Å². The molecule has 0 spiro atoms. The van der Waals surface area contributed by atoms with Crippen LogP contribution in [0, 0.1) is 0 Å². The number of nitrogens with two attached hydrogens (primary N) is 1. The lowest BCUT2D eigenvalue weighted by Gasteiger charge is -2.08. The summed E-state index contributed by atoms with van der Waals surface area (Å²) in [5, 5.41) is 9.76. The van der Waals surface area contributed by atoms with Crippen molar-refractivity contribution in [2.75, 3.05) is 12.4 Å². The molecule has 0 aliphatic rings. The Balaban J connectivity index is 2.33. The fourth-order valence-corrected chi connectivity index (χ4v) is 2.83. The van der Waals surface area contributed by atoms with Crippen LogP contribution in [0.25, 0.3) is 11.0 Å². The zero-order valence-electron chi connectivity index (χ0n) is 10.8. The normalized spacial score (nSPS) is 10.7. The van der Waals surface area contributed by atoms with Crippen molar-refractivity contribution >= 4 is 46.5 Å². The Hall–Kier alpha value is -1.93. The van der Waals surface area contributed by atoms with Crippen LogP contribution in [0.5, 0.6) is 0 Å². The Labute approximate surface area is 129 Å². The third-order valence-corrected chi connectivity index (χ3v) is 3.83. The fraction of sp³-hybridized carbons (Fsp3) is 0.250. The van der Waals surface area contributed by atoms with Crippen molar-refractivity contribution < 1.29 is 19.4 Å². The Morgan fingerprint density at radius 1 is 1.48 bits per heavy atom. The van der Waals surface area contributed by atoms with Crippen molar-refractivity contribution in [3.63, 3.8) is 0 Å². The summed E-state index contributed by atoms with van der Waals surface area (Å²) >= 11 is 7.23. The van der Waals surface area contributed by atoms with Gasteiger partial charge in [0, 0.05) is 0 Å². The van der Waals surface area contributed by atoms with Gasteiger partial charge in [-0.05, 0) is 12.1 Å². The highest BCUT2D eigenvalue weighted by Gasteiger charge is 2.15. The molecule has 1 amide bonds. The van der Waals surface area contributed by atoms with E-state index in [4.69, 9.17) is 27.2 Å². The maximum absolute atomic E-state index is 10.7. The smallest absolute Gasteiger partial charge is 0.404 e. The Morgan fingerprint density at radius 2 is 2.24 bits per heavy atom. The van der Waals surface area contributed by atoms with Gasteiger partial charge < -0.3 is 20.1 Å². The molecule has 1 heterocycles. The molecule has 0 saturated heterocycles. The van der Waals surface area contributed by atoms with Gasteiger partial charge in [0.15, 0.2) is 5.16 Å². The van der Waals surface area contributed by atoms with Gasteiger partial charge in [-0.1, -0.05) is 29.4 Å². The number of nitrogens with zero attached hydrogens (tertiary/aromatic N) is 2. The summed E-state index contributed by atoms with van der Waals surface area (Å²) in [4.78, 5) is 25.7. The van der Waals surface area contributed by atoms with Crippen molar-refractivity contribution in [1.29, 1.82) is 0 Å². The summed E-state index contributed by atoms with van der Waals surface area (Å²) in [5.41, 5.74) is 6.23. The van der Waals surface area contributed by atoms with E-state index in [0.717, 1.165) is 11.8 Å². The first-order valence-corrected chi connectivity index (χ1v) is 7.27. The number of hydrogen-bond acceptors (Lipinski definition) is 5. The Bertz CT molecular complexity index is 688. The molecule has 0 saturated carbocycles. The predicted molar refractivity (Wildman–Crippen MR) is 78.6 cm³/mol. The van der Waals surface area contributed by atoms with Gasteiger partial charge in [-0.15, -0.1) is 0 Å². The SMILES string of the molecule is NC(=O)OCCn1c(SCC(=O)O)nc2cccc(Cl)c21. The summed E-state index contributed by atoms with van der Waals surface area (Å²) in [7, 11) is 0. The number of fused-ring (bicyclic) bond motifs is 1. The summed E-state index contributed by atoms with van der Waals surface area (Å²) in [6.07, 6.45) is -0.870. The van der Waals surface area contributed by atoms with Gasteiger partial charge in [0.05, 0.1) is 28.4 Å². The van der Waals surface area contributed by atoms with E-state index in [1.165, 1.54) is 0 Å². The van der Waals surface area contributed by atoms with Gasteiger partial charge >= 0.3 is 12.1 Å². The van der Waals surface area contributed by atoms with Crippen molar-refractivity contribution in [2.24, 2.45) is 5.73 Å². The Kier molecular flexibility index (Phi) is 4.92. The lowest BCUT2D eigenvalue weighted by atomic mass is 10.3. The zero-order valence-corrected chi connectivity index (χ0v) is 12.4. The van der Waals surface area contributed by atoms with E-state index in [1.807, 2.05) is 0 Å². The zero-order chi connectivity index (χ0) is 15.4. The number of halogens is 1. The molecule has 112 valence electrons. The first-order chi connectivity index (χ1) is 9.99. The number of carboxylic acid groups (broad SMARTS) is 1. The molecule has 1 aromatic carbocycles. The molecule has 0 aliphatic carbocycles. The van der Waals surface area contributed by atoms with E-state index in [2.05, 4.69) is 4.98 Å². The number of aliphatic carboxylic acids is 1. The molecular weight excluding hydrogens is 318 g/mol. The standard InChI is InChI=1S/C12H12ClN3O4S/c13-7-2-1-3-8-10(7)16(4-5-20-11(14)19)12(15-8)21-6-9(17)18/h1-3H,4-6H2,(H2,14,19)(H,17,18).